The van der Waals surface area contributed by atoms with Gasteiger partial charge in [-0.25, -0.2) is 4.98 Å². The molecule has 4 rings (SSSR count). The van der Waals surface area contributed by atoms with Gasteiger partial charge in [0, 0.05) is 43.4 Å². The van der Waals surface area contributed by atoms with Gasteiger partial charge in [-0.2, -0.15) is 0 Å². The lowest BCUT2D eigenvalue weighted by molar-refractivity contribution is 0.0489. The summed E-state index contributed by atoms with van der Waals surface area (Å²) in [5.74, 6) is 1.42. The molecule has 1 aromatic carbocycles. The number of pyridine rings is 1. The summed E-state index contributed by atoms with van der Waals surface area (Å²) in [5, 5.41) is 0. The summed E-state index contributed by atoms with van der Waals surface area (Å²) in [6, 6.07) is 10.2. The molecule has 0 spiro atoms. The van der Waals surface area contributed by atoms with Crippen molar-refractivity contribution in [1.29, 1.82) is 0 Å². The highest BCUT2D eigenvalue weighted by Crippen LogP contribution is 2.27. The molecular weight excluding hydrogens is 314 g/mol. The van der Waals surface area contributed by atoms with Crippen molar-refractivity contribution in [2.24, 2.45) is 13.0 Å². The van der Waals surface area contributed by atoms with Gasteiger partial charge < -0.3 is 13.9 Å². The molecule has 2 aromatic heterocycles. The van der Waals surface area contributed by atoms with Crippen LogP contribution in [0.4, 0.5) is 0 Å². The number of nitrogens with zero attached hydrogens (tertiary/aromatic N) is 3. The minimum absolute atomic E-state index is 0.0343. The second-order valence-electron chi connectivity index (χ2n) is 6.95. The zero-order valence-electron chi connectivity index (χ0n) is 14.7. The fourth-order valence-electron chi connectivity index (χ4n) is 3.69. The highest BCUT2D eigenvalue weighted by molar-refractivity contribution is 5.80. The fraction of sp³-hybridized carbons (Fsp3) is 0.400. The Balaban J connectivity index is 1.85. The number of aromatic nitrogens is 3. The van der Waals surface area contributed by atoms with Crippen molar-refractivity contribution in [3.8, 4) is 11.4 Å². The van der Waals surface area contributed by atoms with Crippen molar-refractivity contribution in [2.75, 3.05) is 13.2 Å². The van der Waals surface area contributed by atoms with E-state index >= 15 is 0 Å². The molecule has 1 fully saturated rings. The molecule has 3 aromatic rings. The molecule has 1 unspecified atom stereocenters. The molecule has 130 valence electrons. The van der Waals surface area contributed by atoms with Gasteiger partial charge in [0.1, 0.15) is 5.82 Å². The second-order valence-corrected chi connectivity index (χ2v) is 6.95. The standard InChI is InChI=1S/C20H23N3O2/c1-14-10-16(12-22(2)20(14)24)19-21-17-7-3-4-8-18(17)23(19)11-15-6-5-9-25-13-15/h3-4,7-8,10,12,15H,5-6,9,11,13H2,1-2H3. The molecule has 0 radical (unpaired) electrons. The SMILES string of the molecule is Cc1cc(-c2nc3ccccc3n2CC2CCCOC2)cn(C)c1=O. The Morgan fingerprint density at radius 2 is 2.16 bits per heavy atom. The van der Waals surface area contributed by atoms with E-state index in [-0.39, 0.29) is 5.56 Å². The highest BCUT2D eigenvalue weighted by atomic mass is 16.5. The van der Waals surface area contributed by atoms with Crippen molar-refractivity contribution in [3.05, 3.63) is 52.4 Å². The summed E-state index contributed by atoms with van der Waals surface area (Å²) in [4.78, 5) is 16.9. The van der Waals surface area contributed by atoms with Crippen LogP contribution in [0.5, 0.6) is 0 Å². The first-order chi connectivity index (χ1) is 12.1. The molecule has 25 heavy (non-hydrogen) atoms. The number of hydrogen-bond acceptors (Lipinski definition) is 3. The van der Waals surface area contributed by atoms with Gasteiger partial charge in [-0.05, 0) is 38.0 Å². The Kier molecular flexibility index (Phi) is 4.17. The van der Waals surface area contributed by atoms with Gasteiger partial charge in [-0.3, -0.25) is 4.79 Å². The summed E-state index contributed by atoms with van der Waals surface area (Å²) < 4.78 is 9.59. The van der Waals surface area contributed by atoms with Crippen LogP contribution in [0.1, 0.15) is 18.4 Å². The summed E-state index contributed by atoms with van der Waals surface area (Å²) >= 11 is 0. The van der Waals surface area contributed by atoms with Crippen LogP contribution in [0.3, 0.4) is 0 Å². The van der Waals surface area contributed by atoms with E-state index in [0.29, 0.717) is 5.92 Å². The maximum Gasteiger partial charge on any atom is 0.253 e. The number of para-hydroxylation sites is 2. The van der Waals surface area contributed by atoms with E-state index in [0.717, 1.165) is 54.2 Å². The third-order valence-corrected chi connectivity index (χ3v) is 4.97. The van der Waals surface area contributed by atoms with Crippen molar-refractivity contribution in [3.63, 3.8) is 0 Å². The lowest BCUT2D eigenvalue weighted by Crippen LogP contribution is -2.23. The summed E-state index contributed by atoms with van der Waals surface area (Å²) in [6.45, 7) is 4.41. The van der Waals surface area contributed by atoms with E-state index in [4.69, 9.17) is 9.72 Å². The number of rotatable bonds is 3. The number of benzene rings is 1. The van der Waals surface area contributed by atoms with Crippen LogP contribution in [0.2, 0.25) is 0 Å². The average molecular weight is 337 g/mol. The van der Waals surface area contributed by atoms with Gasteiger partial charge in [0.15, 0.2) is 0 Å². The second kappa shape index (κ2) is 6.48. The Morgan fingerprint density at radius 1 is 1.32 bits per heavy atom. The number of aryl methyl sites for hydroxylation is 2. The van der Waals surface area contributed by atoms with E-state index in [9.17, 15) is 4.79 Å². The summed E-state index contributed by atoms with van der Waals surface area (Å²) in [7, 11) is 1.79. The first kappa shape index (κ1) is 16.1. The van der Waals surface area contributed by atoms with Gasteiger partial charge in [-0.1, -0.05) is 12.1 Å². The summed E-state index contributed by atoms with van der Waals surface area (Å²) in [5.41, 5.74) is 3.87. The average Bonchev–Trinajstić information content (AvgIpc) is 2.99. The van der Waals surface area contributed by atoms with Gasteiger partial charge >= 0.3 is 0 Å². The van der Waals surface area contributed by atoms with E-state index in [1.54, 1.807) is 11.6 Å². The molecule has 3 heterocycles. The molecule has 0 amide bonds. The predicted octanol–water partition coefficient (Wildman–Crippen LogP) is 3.14. The molecule has 0 bridgehead atoms. The highest BCUT2D eigenvalue weighted by Gasteiger charge is 2.20. The molecule has 1 atom stereocenters. The maximum atomic E-state index is 12.0. The molecule has 5 heteroatoms. The van der Waals surface area contributed by atoms with Gasteiger partial charge in [-0.15, -0.1) is 0 Å². The van der Waals surface area contributed by atoms with Crippen LogP contribution in [-0.4, -0.2) is 27.3 Å². The molecule has 0 saturated carbocycles. The Bertz CT molecular complexity index is 938. The largest absolute Gasteiger partial charge is 0.381 e. The van der Waals surface area contributed by atoms with E-state index in [2.05, 4.69) is 10.6 Å². The monoisotopic (exact) mass is 337 g/mol. The molecule has 1 aliphatic rings. The Labute approximate surface area is 146 Å². The van der Waals surface area contributed by atoms with Crippen molar-refractivity contribution >= 4 is 11.0 Å². The normalized spacial score (nSPS) is 17.9. The molecule has 0 aliphatic carbocycles. The maximum absolute atomic E-state index is 12.0. The van der Waals surface area contributed by atoms with Crippen LogP contribution >= 0.6 is 0 Å². The van der Waals surface area contributed by atoms with Gasteiger partial charge in [0.25, 0.3) is 5.56 Å². The van der Waals surface area contributed by atoms with Gasteiger partial charge in [0.05, 0.1) is 17.6 Å². The number of imidazole rings is 1. The molecule has 0 N–H and O–H groups in total. The van der Waals surface area contributed by atoms with Crippen molar-refractivity contribution < 1.29 is 4.74 Å². The topological polar surface area (TPSA) is 49.0 Å². The van der Waals surface area contributed by atoms with Crippen LogP contribution in [0.15, 0.2) is 41.3 Å². The number of hydrogen-bond donors (Lipinski definition) is 0. The van der Waals surface area contributed by atoms with E-state index in [1.807, 2.05) is 37.4 Å². The minimum atomic E-state index is 0.0343. The van der Waals surface area contributed by atoms with Crippen molar-refractivity contribution in [1.82, 2.24) is 14.1 Å². The van der Waals surface area contributed by atoms with E-state index in [1.165, 1.54) is 6.42 Å². The van der Waals surface area contributed by atoms with Gasteiger partial charge in [0.2, 0.25) is 0 Å². The van der Waals surface area contributed by atoms with Crippen LogP contribution in [-0.2, 0) is 18.3 Å². The molecule has 5 nitrogen and oxygen atoms in total. The van der Waals surface area contributed by atoms with Crippen molar-refractivity contribution in [2.45, 2.75) is 26.3 Å². The smallest absolute Gasteiger partial charge is 0.253 e. The quantitative estimate of drug-likeness (QED) is 0.738. The Hall–Kier alpha value is -2.40. The third kappa shape index (κ3) is 3.00. The number of fused-ring (bicyclic) bond motifs is 1. The first-order valence-corrected chi connectivity index (χ1v) is 8.84. The zero-order chi connectivity index (χ0) is 17.4. The fourth-order valence-corrected chi connectivity index (χ4v) is 3.69. The van der Waals surface area contributed by atoms with E-state index < -0.39 is 0 Å². The Morgan fingerprint density at radius 3 is 2.92 bits per heavy atom. The lowest BCUT2D eigenvalue weighted by atomic mass is 10.0. The lowest BCUT2D eigenvalue weighted by Gasteiger charge is -2.23. The molecular formula is C20H23N3O2. The van der Waals surface area contributed by atoms with Crippen LogP contribution < -0.4 is 5.56 Å². The number of ether oxygens (including phenoxy) is 1. The minimum Gasteiger partial charge on any atom is -0.381 e. The molecule has 1 aliphatic heterocycles. The first-order valence-electron chi connectivity index (χ1n) is 8.84. The zero-order valence-corrected chi connectivity index (χ0v) is 14.7. The predicted molar refractivity (Wildman–Crippen MR) is 98.7 cm³/mol. The van der Waals surface area contributed by atoms with Crippen LogP contribution in [0, 0.1) is 12.8 Å². The molecule has 1 saturated heterocycles. The van der Waals surface area contributed by atoms with Crippen LogP contribution in [0.25, 0.3) is 22.4 Å². The summed E-state index contributed by atoms with van der Waals surface area (Å²) in [6.07, 6.45) is 4.17. The third-order valence-electron chi connectivity index (χ3n) is 4.97.